The molecular formula is C11H14N2OS2. The fourth-order valence-corrected chi connectivity index (χ4v) is 3.67. The van der Waals surface area contributed by atoms with Gasteiger partial charge in [-0.3, -0.25) is 0 Å². The van der Waals surface area contributed by atoms with Crippen molar-refractivity contribution in [1.29, 1.82) is 0 Å². The van der Waals surface area contributed by atoms with Gasteiger partial charge in [-0.1, -0.05) is 0 Å². The Hall–Kier alpha value is -0.750. The molecule has 0 saturated carbocycles. The first-order valence-electron chi connectivity index (χ1n) is 5.01. The third kappa shape index (κ3) is 2.04. The van der Waals surface area contributed by atoms with Gasteiger partial charge in [0.15, 0.2) is 0 Å². The summed E-state index contributed by atoms with van der Waals surface area (Å²) in [6.07, 6.45) is 0. The van der Waals surface area contributed by atoms with Gasteiger partial charge >= 0.3 is 0 Å². The Balaban J connectivity index is 2.42. The highest BCUT2D eigenvalue weighted by Crippen LogP contribution is 2.35. The second-order valence-electron chi connectivity index (χ2n) is 3.69. The molecular weight excluding hydrogens is 240 g/mol. The molecule has 0 amide bonds. The minimum atomic E-state index is -0.313. The van der Waals surface area contributed by atoms with Gasteiger partial charge in [0.05, 0.1) is 23.2 Å². The summed E-state index contributed by atoms with van der Waals surface area (Å²) < 4.78 is 0. The third-order valence-corrected chi connectivity index (χ3v) is 4.88. The summed E-state index contributed by atoms with van der Waals surface area (Å²) in [5.74, 6) is 0. The van der Waals surface area contributed by atoms with Gasteiger partial charge in [0, 0.05) is 4.88 Å². The van der Waals surface area contributed by atoms with E-state index in [0.29, 0.717) is 0 Å². The van der Waals surface area contributed by atoms with Gasteiger partial charge in [0.2, 0.25) is 0 Å². The van der Waals surface area contributed by atoms with Gasteiger partial charge in [-0.15, -0.1) is 22.7 Å². The Morgan fingerprint density at radius 3 is 2.81 bits per heavy atom. The highest BCUT2D eigenvalue weighted by molar-refractivity contribution is 7.21. The average Bonchev–Trinajstić information content (AvgIpc) is 2.83. The topological polar surface area (TPSA) is 59.1 Å². The van der Waals surface area contributed by atoms with Crippen molar-refractivity contribution in [2.45, 2.75) is 19.9 Å². The van der Waals surface area contributed by atoms with Crippen molar-refractivity contribution < 1.29 is 5.11 Å². The summed E-state index contributed by atoms with van der Waals surface area (Å²) in [6, 6.07) is 1.77. The van der Waals surface area contributed by atoms with E-state index in [2.05, 4.69) is 23.4 Å². The average molecular weight is 254 g/mol. The normalized spacial score (nSPS) is 13.0. The molecule has 0 fully saturated rings. The maximum atomic E-state index is 9.06. The zero-order valence-electron chi connectivity index (χ0n) is 9.23. The maximum Gasteiger partial charge on any atom is 0.134 e. The van der Waals surface area contributed by atoms with Gasteiger partial charge in [-0.2, -0.15) is 0 Å². The SMILES string of the molecule is Cc1ccsc1-c1nc(C)c(C(N)CO)s1. The summed E-state index contributed by atoms with van der Waals surface area (Å²) in [5, 5.41) is 12.1. The fourth-order valence-electron chi connectivity index (χ4n) is 1.52. The smallest absolute Gasteiger partial charge is 0.134 e. The first-order chi connectivity index (χ1) is 7.63. The molecule has 3 N–H and O–H groups in total. The predicted molar refractivity (Wildman–Crippen MR) is 68.9 cm³/mol. The van der Waals surface area contributed by atoms with E-state index >= 15 is 0 Å². The zero-order chi connectivity index (χ0) is 11.7. The lowest BCUT2D eigenvalue weighted by atomic mass is 10.2. The molecule has 2 aromatic rings. The Labute approximate surface area is 103 Å². The Bertz CT molecular complexity index is 490. The number of aliphatic hydroxyl groups excluding tert-OH is 1. The first-order valence-corrected chi connectivity index (χ1v) is 6.71. The number of hydrogen-bond donors (Lipinski definition) is 2. The largest absolute Gasteiger partial charge is 0.394 e. The van der Waals surface area contributed by atoms with Gasteiger partial charge < -0.3 is 10.8 Å². The molecule has 2 rings (SSSR count). The Kier molecular flexibility index (Phi) is 3.39. The first kappa shape index (κ1) is 11.7. The number of nitrogens with zero attached hydrogens (tertiary/aromatic N) is 1. The summed E-state index contributed by atoms with van der Waals surface area (Å²) in [6.45, 7) is 3.98. The molecule has 86 valence electrons. The molecule has 0 spiro atoms. The lowest BCUT2D eigenvalue weighted by Crippen LogP contribution is -2.13. The van der Waals surface area contributed by atoms with Crippen LogP contribution in [0.1, 0.15) is 22.2 Å². The van der Waals surface area contributed by atoms with Gasteiger partial charge in [0.1, 0.15) is 5.01 Å². The van der Waals surface area contributed by atoms with Crippen molar-refractivity contribution in [2.75, 3.05) is 6.61 Å². The van der Waals surface area contributed by atoms with Crippen LogP contribution < -0.4 is 5.73 Å². The molecule has 2 heterocycles. The molecule has 3 nitrogen and oxygen atoms in total. The maximum absolute atomic E-state index is 9.06. The molecule has 0 aliphatic carbocycles. The second kappa shape index (κ2) is 4.63. The molecule has 1 unspecified atom stereocenters. The summed E-state index contributed by atoms with van der Waals surface area (Å²) in [5.41, 5.74) is 7.99. The summed E-state index contributed by atoms with van der Waals surface area (Å²) in [4.78, 5) is 6.70. The van der Waals surface area contributed by atoms with Crippen LogP contribution in [-0.2, 0) is 0 Å². The summed E-state index contributed by atoms with van der Waals surface area (Å²) >= 11 is 3.27. The Morgan fingerprint density at radius 1 is 1.50 bits per heavy atom. The van der Waals surface area contributed by atoms with E-state index in [4.69, 9.17) is 10.8 Å². The lowest BCUT2D eigenvalue weighted by molar-refractivity contribution is 0.269. The number of aryl methyl sites for hydroxylation is 2. The number of thiazole rings is 1. The van der Waals surface area contributed by atoms with Crippen molar-refractivity contribution in [1.82, 2.24) is 4.98 Å². The van der Waals surface area contributed by atoms with E-state index in [1.165, 1.54) is 10.4 Å². The van der Waals surface area contributed by atoms with Crippen LogP contribution in [0.3, 0.4) is 0 Å². The fraction of sp³-hybridized carbons (Fsp3) is 0.364. The molecule has 0 bridgehead atoms. The van der Waals surface area contributed by atoms with E-state index in [1.54, 1.807) is 22.7 Å². The van der Waals surface area contributed by atoms with Crippen molar-refractivity contribution in [3.05, 3.63) is 27.6 Å². The monoisotopic (exact) mass is 254 g/mol. The van der Waals surface area contributed by atoms with E-state index in [0.717, 1.165) is 15.6 Å². The van der Waals surface area contributed by atoms with Crippen molar-refractivity contribution >= 4 is 22.7 Å². The molecule has 5 heteroatoms. The highest BCUT2D eigenvalue weighted by atomic mass is 32.1. The van der Waals surface area contributed by atoms with Gasteiger partial charge in [-0.05, 0) is 30.9 Å². The number of hydrogen-bond acceptors (Lipinski definition) is 5. The molecule has 16 heavy (non-hydrogen) atoms. The van der Waals surface area contributed by atoms with Gasteiger partial charge in [-0.25, -0.2) is 4.98 Å². The molecule has 0 saturated heterocycles. The standard InChI is InChI=1S/C11H14N2OS2/c1-6-3-4-15-9(6)11-13-7(2)10(16-11)8(12)5-14/h3-4,8,14H,5,12H2,1-2H3. The number of rotatable bonds is 3. The molecule has 2 aromatic heterocycles. The van der Waals surface area contributed by atoms with Gasteiger partial charge in [0.25, 0.3) is 0 Å². The number of aromatic nitrogens is 1. The zero-order valence-corrected chi connectivity index (χ0v) is 10.9. The van der Waals surface area contributed by atoms with Crippen molar-refractivity contribution in [2.24, 2.45) is 5.73 Å². The van der Waals surface area contributed by atoms with Crippen LogP contribution in [0.25, 0.3) is 9.88 Å². The van der Waals surface area contributed by atoms with E-state index in [9.17, 15) is 0 Å². The van der Waals surface area contributed by atoms with Crippen LogP contribution in [-0.4, -0.2) is 16.7 Å². The third-order valence-electron chi connectivity index (χ3n) is 2.42. The lowest BCUT2D eigenvalue weighted by Gasteiger charge is -2.04. The van der Waals surface area contributed by atoms with Crippen molar-refractivity contribution in [3.63, 3.8) is 0 Å². The van der Waals surface area contributed by atoms with Crippen LogP contribution >= 0.6 is 22.7 Å². The second-order valence-corrected chi connectivity index (χ2v) is 5.64. The van der Waals surface area contributed by atoms with Crippen LogP contribution in [0.2, 0.25) is 0 Å². The minimum absolute atomic E-state index is 0.0358. The molecule has 0 aromatic carbocycles. The van der Waals surface area contributed by atoms with E-state index < -0.39 is 0 Å². The quantitative estimate of drug-likeness (QED) is 0.884. The molecule has 1 atom stereocenters. The molecule has 0 aliphatic rings. The van der Waals surface area contributed by atoms with Crippen LogP contribution in [0.5, 0.6) is 0 Å². The number of nitrogens with two attached hydrogens (primary N) is 1. The van der Waals surface area contributed by atoms with E-state index in [-0.39, 0.29) is 12.6 Å². The van der Waals surface area contributed by atoms with Crippen LogP contribution in [0.4, 0.5) is 0 Å². The summed E-state index contributed by atoms with van der Waals surface area (Å²) in [7, 11) is 0. The number of thiophene rings is 1. The van der Waals surface area contributed by atoms with Crippen LogP contribution in [0, 0.1) is 13.8 Å². The van der Waals surface area contributed by atoms with Crippen LogP contribution in [0.15, 0.2) is 11.4 Å². The Morgan fingerprint density at radius 2 is 2.25 bits per heavy atom. The highest BCUT2D eigenvalue weighted by Gasteiger charge is 2.16. The van der Waals surface area contributed by atoms with Crippen molar-refractivity contribution in [3.8, 4) is 9.88 Å². The molecule has 0 aliphatic heterocycles. The minimum Gasteiger partial charge on any atom is -0.394 e. The van der Waals surface area contributed by atoms with E-state index in [1.807, 2.05) is 6.92 Å². The number of aliphatic hydroxyl groups is 1. The molecule has 0 radical (unpaired) electrons. The predicted octanol–water partition coefficient (Wildman–Crippen LogP) is 2.48.